The number of nitrogens with zero attached hydrogens (tertiary/aromatic N) is 2. The molecule has 0 aliphatic rings. The number of hydrogen-bond acceptors (Lipinski definition) is 2. The molecular formula is C9H7ClF2N2O. The van der Waals surface area contributed by atoms with Gasteiger partial charge < -0.3 is 9.51 Å². The highest BCUT2D eigenvalue weighted by Gasteiger charge is 2.33. The number of aliphatic hydroxyl groups is 1. The molecule has 80 valence electrons. The van der Waals surface area contributed by atoms with E-state index in [0.29, 0.717) is 10.7 Å². The van der Waals surface area contributed by atoms with Gasteiger partial charge in [0.1, 0.15) is 17.9 Å². The molecule has 0 spiro atoms. The van der Waals surface area contributed by atoms with Gasteiger partial charge in [-0.15, -0.1) is 0 Å². The first kappa shape index (κ1) is 10.3. The minimum atomic E-state index is -3.32. The molecule has 2 rings (SSSR count). The summed E-state index contributed by atoms with van der Waals surface area (Å²) in [7, 11) is 0. The smallest absolute Gasteiger partial charge is 0.313 e. The minimum absolute atomic E-state index is 0.363. The largest absolute Gasteiger partial charge is 0.390 e. The molecule has 0 unspecified atom stereocenters. The summed E-state index contributed by atoms with van der Waals surface area (Å²) < 4.78 is 27.5. The number of fused-ring (bicyclic) bond motifs is 1. The van der Waals surface area contributed by atoms with Gasteiger partial charge in [-0.2, -0.15) is 8.78 Å². The monoisotopic (exact) mass is 232 g/mol. The molecule has 0 amide bonds. The van der Waals surface area contributed by atoms with Crippen LogP contribution in [0, 0.1) is 0 Å². The van der Waals surface area contributed by atoms with E-state index < -0.39 is 18.2 Å². The Labute approximate surface area is 88.9 Å². The SMILES string of the molecule is OCC(F)(F)c1cn2cc(Cl)ccc2n1. The highest BCUT2D eigenvalue weighted by molar-refractivity contribution is 6.30. The second-order valence-electron chi connectivity index (χ2n) is 3.10. The molecule has 0 bridgehead atoms. The zero-order valence-electron chi connectivity index (χ0n) is 7.49. The van der Waals surface area contributed by atoms with Gasteiger partial charge in [0.05, 0.1) is 5.02 Å². The van der Waals surface area contributed by atoms with E-state index in [1.165, 1.54) is 16.7 Å². The second-order valence-corrected chi connectivity index (χ2v) is 3.54. The lowest BCUT2D eigenvalue weighted by atomic mass is 10.3. The van der Waals surface area contributed by atoms with E-state index in [0.717, 1.165) is 6.20 Å². The molecule has 2 aromatic rings. The van der Waals surface area contributed by atoms with Crippen LogP contribution >= 0.6 is 11.6 Å². The van der Waals surface area contributed by atoms with Crippen LogP contribution in [-0.4, -0.2) is 21.1 Å². The van der Waals surface area contributed by atoms with E-state index in [4.69, 9.17) is 16.7 Å². The molecule has 0 saturated heterocycles. The molecule has 0 radical (unpaired) electrons. The maximum atomic E-state index is 13.1. The number of hydrogen-bond donors (Lipinski definition) is 1. The summed E-state index contributed by atoms with van der Waals surface area (Å²) in [5.74, 6) is -3.32. The second kappa shape index (κ2) is 3.43. The van der Waals surface area contributed by atoms with E-state index in [-0.39, 0.29) is 0 Å². The molecule has 1 N–H and O–H groups in total. The molecule has 0 fully saturated rings. The van der Waals surface area contributed by atoms with Gasteiger partial charge in [-0.1, -0.05) is 11.6 Å². The fourth-order valence-electron chi connectivity index (χ4n) is 1.22. The highest BCUT2D eigenvalue weighted by Crippen LogP contribution is 2.26. The van der Waals surface area contributed by atoms with Crippen molar-refractivity contribution in [1.29, 1.82) is 0 Å². The Morgan fingerprint density at radius 2 is 2.13 bits per heavy atom. The van der Waals surface area contributed by atoms with Gasteiger partial charge in [0.15, 0.2) is 0 Å². The van der Waals surface area contributed by atoms with Crippen molar-refractivity contribution in [2.75, 3.05) is 6.61 Å². The van der Waals surface area contributed by atoms with E-state index in [1.807, 2.05) is 0 Å². The average Bonchev–Trinajstić information content (AvgIpc) is 2.61. The Hall–Kier alpha value is -1.20. The predicted molar refractivity (Wildman–Crippen MR) is 51.2 cm³/mol. The van der Waals surface area contributed by atoms with Crippen molar-refractivity contribution in [2.24, 2.45) is 0 Å². The maximum Gasteiger partial charge on any atom is 0.313 e. The summed E-state index contributed by atoms with van der Waals surface area (Å²) in [6.45, 7) is -1.26. The van der Waals surface area contributed by atoms with Crippen LogP contribution in [0.2, 0.25) is 5.02 Å². The number of aromatic nitrogens is 2. The average molecular weight is 233 g/mol. The third-order valence-corrected chi connectivity index (χ3v) is 2.21. The van der Waals surface area contributed by atoms with Gasteiger partial charge in [-0.25, -0.2) is 4.98 Å². The Kier molecular flexibility index (Phi) is 2.36. The topological polar surface area (TPSA) is 37.5 Å². The predicted octanol–water partition coefficient (Wildman–Crippen LogP) is 2.07. The summed E-state index contributed by atoms with van der Waals surface area (Å²) in [5, 5.41) is 8.93. The summed E-state index contributed by atoms with van der Waals surface area (Å²) in [5.41, 5.74) is -0.102. The Morgan fingerprint density at radius 1 is 1.40 bits per heavy atom. The van der Waals surface area contributed by atoms with Crippen LogP contribution in [0.15, 0.2) is 24.5 Å². The number of alkyl halides is 2. The van der Waals surface area contributed by atoms with Gasteiger partial charge >= 0.3 is 5.92 Å². The summed E-state index contributed by atoms with van der Waals surface area (Å²) in [6.07, 6.45) is 2.62. The first-order chi connectivity index (χ1) is 7.03. The van der Waals surface area contributed by atoms with Gasteiger partial charge in [0.25, 0.3) is 0 Å². The molecule has 0 atom stereocenters. The van der Waals surface area contributed by atoms with E-state index in [9.17, 15) is 8.78 Å². The molecule has 2 aromatic heterocycles. The molecule has 15 heavy (non-hydrogen) atoms. The molecular weight excluding hydrogens is 226 g/mol. The van der Waals surface area contributed by atoms with Crippen molar-refractivity contribution in [3.63, 3.8) is 0 Å². The number of halogens is 3. The molecule has 2 heterocycles. The van der Waals surface area contributed by atoms with E-state index >= 15 is 0 Å². The number of pyridine rings is 1. The Morgan fingerprint density at radius 3 is 2.80 bits per heavy atom. The van der Waals surface area contributed by atoms with E-state index in [2.05, 4.69) is 4.98 Å². The van der Waals surface area contributed by atoms with Crippen molar-refractivity contribution >= 4 is 17.2 Å². The third kappa shape index (κ3) is 1.80. The lowest BCUT2D eigenvalue weighted by molar-refractivity contribution is -0.0588. The first-order valence-electron chi connectivity index (χ1n) is 4.16. The van der Waals surface area contributed by atoms with Gasteiger partial charge in [0, 0.05) is 12.4 Å². The lowest BCUT2D eigenvalue weighted by Gasteiger charge is -2.08. The van der Waals surface area contributed by atoms with Gasteiger partial charge in [0.2, 0.25) is 0 Å². The highest BCUT2D eigenvalue weighted by atomic mass is 35.5. The first-order valence-corrected chi connectivity index (χ1v) is 4.54. The quantitative estimate of drug-likeness (QED) is 0.861. The molecule has 6 heteroatoms. The van der Waals surface area contributed by atoms with Crippen LogP contribution in [0.1, 0.15) is 5.69 Å². The lowest BCUT2D eigenvalue weighted by Crippen LogP contribution is -2.18. The van der Waals surface area contributed by atoms with Gasteiger partial charge in [-0.3, -0.25) is 0 Å². The number of aliphatic hydroxyl groups excluding tert-OH is 1. The van der Waals surface area contributed by atoms with Crippen LogP contribution in [0.3, 0.4) is 0 Å². The zero-order valence-corrected chi connectivity index (χ0v) is 8.25. The number of rotatable bonds is 2. The summed E-state index contributed by atoms with van der Waals surface area (Å²) in [6, 6.07) is 3.09. The van der Waals surface area contributed by atoms with Crippen LogP contribution < -0.4 is 0 Å². The van der Waals surface area contributed by atoms with Crippen molar-refractivity contribution in [1.82, 2.24) is 9.38 Å². The Bertz CT molecular complexity index is 498. The summed E-state index contributed by atoms with van der Waals surface area (Å²) >= 11 is 5.69. The minimum Gasteiger partial charge on any atom is -0.390 e. The summed E-state index contributed by atoms with van der Waals surface area (Å²) in [4.78, 5) is 3.69. The van der Waals surface area contributed by atoms with Crippen molar-refractivity contribution < 1.29 is 13.9 Å². The number of imidazole rings is 1. The van der Waals surface area contributed by atoms with Crippen LogP contribution in [0.25, 0.3) is 5.65 Å². The standard InChI is InChI=1S/C9H7ClF2N2O/c10-6-1-2-8-13-7(4-14(8)3-6)9(11,12)5-15/h1-4,15H,5H2. The Balaban J connectivity index is 2.56. The molecule has 0 aromatic carbocycles. The van der Waals surface area contributed by atoms with Crippen molar-refractivity contribution in [3.8, 4) is 0 Å². The van der Waals surface area contributed by atoms with Crippen molar-refractivity contribution in [2.45, 2.75) is 5.92 Å². The molecule has 3 nitrogen and oxygen atoms in total. The van der Waals surface area contributed by atoms with Crippen LogP contribution in [0.5, 0.6) is 0 Å². The maximum absolute atomic E-state index is 13.1. The molecule has 0 saturated carbocycles. The van der Waals surface area contributed by atoms with Crippen molar-refractivity contribution in [3.05, 3.63) is 35.2 Å². The van der Waals surface area contributed by atoms with Crippen LogP contribution in [0.4, 0.5) is 8.78 Å². The zero-order chi connectivity index (χ0) is 11.1. The van der Waals surface area contributed by atoms with Gasteiger partial charge in [-0.05, 0) is 12.1 Å². The van der Waals surface area contributed by atoms with E-state index in [1.54, 1.807) is 6.07 Å². The normalized spacial score (nSPS) is 12.3. The fraction of sp³-hybridized carbons (Fsp3) is 0.222. The molecule has 0 aliphatic carbocycles. The third-order valence-electron chi connectivity index (χ3n) is 1.99. The van der Waals surface area contributed by atoms with Crippen LogP contribution in [-0.2, 0) is 5.92 Å². The molecule has 0 aliphatic heterocycles. The fourth-order valence-corrected chi connectivity index (χ4v) is 1.39.